The van der Waals surface area contributed by atoms with E-state index in [-0.39, 0.29) is 6.54 Å². The average molecular weight is 368 g/mol. The van der Waals surface area contributed by atoms with Gasteiger partial charge < -0.3 is 4.90 Å². The molecule has 0 aliphatic rings. The molecule has 0 N–H and O–H groups in total. The summed E-state index contributed by atoms with van der Waals surface area (Å²) in [5, 5.41) is 11.3. The maximum absolute atomic E-state index is 13.2. The molecule has 1 unspecified atom stereocenters. The van der Waals surface area contributed by atoms with Crippen LogP contribution in [-0.4, -0.2) is 17.0 Å². The van der Waals surface area contributed by atoms with Gasteiger partial charge in [0.15, 0.2) is 0 Å². The van der Waals surface area contributed by atoms with Gasteiger partial charge >= 0.3 is 12.1 Å². The molecule has 0 aliphatic carbocycles. The van der Waals surface area contributed by atoms with Crippen LogP contribution >= 0.6 is 0 Å². The van der Waals surface area contributed by atoms with Gasteiger partial charge in [0.25, 0.3) is 0 Å². The Hall–Kier alpha value is -3.33. The Bertz CT molecular complexity index is 993. The molecule has 0 aliphatic heterocycles. The number of benzene rings is 3. The first-order valence-electron chi connectivity index (χ1n) is 8.20. The zero-order chi connectivity index (χ0) is 19.4. The quantitative estimate of drug-likeness (QED) is 0.651. The van der Waals surface area contributed by atoms with Crippen LogP contribution in [0, 0.1) is 11.3 Å². The zero-order valence-corrected chi connectivity index (χ0v) is 14.1. The highest BCUT2D eigenvalue weighted by atomic mass is 19.4. The molecular formula is C21H15F3N2O. The van der Waals surface area contributed by atoms with Gasteiger partial charge in [-0.05, 0) is 28.0 Å². The largest absolute Gasteiger partial charge is 0.471 e. The van der Waals surface area contributed by atoms with Crippen LogP contribution < -0.4 is 0 Å². The third-order valence-corrected chi connectivity index (χ3v) is 4.22. The summed E-state index contributed by atoms with van der Waals surface area (Å²) >= 11 is 0. The van der Waals surface area contributed by atoms with E-state index in [1.165, 1.54) is 0 Å². The zero-order valence-electron chi connectivity index (χ0n) is 14.1. The van der Waals surface area contributed by atoms with Crippen LogP contribution in [0.25, 0.3) is 10.8 Å². The van der Waals surface area contributed by atoms with Crippen molar-refractivity contribution in [3.8, 4) is 6.07 Å². The van der Waals surface area contributed by atoms with Crippen molar-refractivity contribution < 1.29 is 18.0 Å². The second kappa shape index (κ2) is 7.50. The summed E-state index contributed by atoms with van der Waals surface area (Å²) in [6.07, 6.45) is -5.07. The Kier molecular flexibility index (Phi) is 5.13. The lowest BCUT2D eigenvalue weighted by Crippen LogP contribution is -2.42. The Balaban J connectivity index is 2.04. The minimum Gasteiger partial charge on any atom is -0.310 e. The maximum Gasteiger partial charge on any atom is 0.471 e. The van der Waals surface area contributed by atoms with Crippen LogP contribution in [0.2, 0.25) is 0 Å². The molecule has 3 aromatic carbocycles. The summed E-state index contributed by atoms with van der Waals surface area (Å²) in [5.74, 6) is -2.04. The van der Waals surface area contributed by atoms with Crippen LogP contribution in [0.15, 0.2) is 72.8 Å². The van der Waals surface area contributed by atoms with Crippen molar-refractivity contribution in [2.75, 3.05) is 0 Å². The number of carbonyl (C=O) groups is 1. The highest BCUT2D eigenvalue weighted by molar-refractivity contribution is 5.85. The standard InChI is InChI=1S/C21H15F3N2O/c22-21(23,24)20(27)26(14-15-6-2-1-3-7-15)19(13-25)18-11-10-16-8-4-5-9-17(16)12-18/h1-12,19H,14H2. The van der Waals surface area contributed by atoms with Crippen molar-refractivity contribution in [3.63, 3.8) is 0 Å². The van der Waals surface area contributed by atoms with Gasteiger partial charge in [0.2, 0.25) is 0 Å². The van der Waals surface area contributed by atoms with Gasteiger partial charge in [0.1, 0.15) is 6.04 Å². The molecule has 0 radical (unpaired) electrons. The Labute approximate surface area is 154 Å². The van der Waals surface area contributed by atoms with Crippen LogP contribution in [0.1, 0.15) is 17.2 Å². The van der Waals surface area contributed by atoms with E-state index in [2.05, 4.69) is 0 Å². The van der Waals surface area contributed by atoms with E-state index in [4.69, 9.17) is 0 Å². The molecule has 0 spiro atoms. The maximum atomic E-state index is 13.2. The molecule has 0 saturated heterocycles. The molecule has 0 aromatic heterocycles. The van der Waals surface area contributed by atoms with Crippen molar-refractivity contribution in [2.45, 2.75) is 18.8 Å². The number of hydrogen-bond donors (Lipinski definition) is 0. The topological polar surface area (TPSA) is 44.1 Å². The number of fused-ring (bicyclic) bond motifs is 1. The van der Waals surface area contributed by atoms with E-state index in [1.54, 1.807) is 60.7 Å². The van der Waals surface area contributed by atoms with E-state index < -0.39 is 18.1 Å². The molecule has 3 nitrogen and oxygen atoms in total. The van der Waals surface area contributed by atoms with Crippen molar-refractivity contribution in [2.24, 2.45) is 0 Å². The van der Waals surface area contributed by atoms with Gasteiger partial charge in [0, 0.05) is 6.54 Å². The fourth-order valence-corrected chi connectivity index (χ4v) is 2.93. The van der Waals surface area contributed by atoms with Crippen molar-refractivity contribution >= 4 is 16.7 Å². The molecule has 6 heteroatoms. The van der Waals surface area contributed by atoms with Gasteiger partial charge in [0.05, 0.1) is 6.07 Å². The van der Waals surface area contributed by atoms with E-state index in [1.807, 2.05) is 18.2 Å². The van der Waals surface area contributed by atoms with E-state index >= 15 is 0 Å². The molecule has 3 rings (SSSR count). The first kappa shape index (κ1) is 18.5. The summed E-state index contributed by atoms with van der Waals surface area (Å²) in [7, 11) is 0. The summed E-state index contributed by atoms with van der Waals surface area (Å²) in [6, 6.07) is 21.1. The monoisotopic (exact) mass is 368 g/mol. The number of amides is 1. The number of nitrogens with zero attached hydrogens (tertiary/aromatic N) is 2. The first-order valence-corrected chi connectivity index (χ1v) is 8.20. The van der Waals surface area contributed by atoms with E-state index in [0.29, 0.717) is 16.0 Å². The number of rotatable bonds is 4. The average Bonchev–Trinajstić information content (AvgIpc) is 2.67. The van der Waals surface area contributed by atoms with E-state index in [9.17, 15) is 23.2 Å². The van der Waals surface area contributed by atoms with Crippen LogP contribution in [-0.2, 0) is 11.3 Å². The normalized spacial score (nSPS) is 12.4. The number of hydrogen-bond acceptors (Lipinski definition) is 2. The summed E-state index contributed by atoms with van der Waals surface area (Å²) in [5.41, 5.74) is 0.848. The highest BCUT2D eigenvalue weighted by Crippen LogP contribution is 2.30. The van der Waals surface area contributed by atoms with Crippen LogP contribution in [0.4, 0.5) is 13.2 Å². The van der Waals surface area contributed by atoms with Gasteiger partial charge in [-0.1, -0.05) is 66.7 Å². The SMILES string of the molecule is N#CC(c1ccc2ccccc2c1)N(Cc1ccccc1)C(=O)C(F)(F)F. The molecule has 3 aromatic rings. The predicted molar refractivity (Wildman–Crippen MR) is 95.3 cm³/mol. The second-order valence-corrected chi connectivity index (χ2v) is 6.05. The predicted octanol–water partition coefficient (Wildman–Crippen LogP) is 5.00. The summed E-state index contributed by atoms with van der Waals surface area (Å²) in [6.45, 7) is -0.315. The molecule has 0 saturated carbocycles. The number of nitriles is 1. The molecule has 27 heavy (non-hydrogen) atoms. The minimum absolute atomic E-state index is 0.315. The van der Waals surface area contributed by atoms with Crippen LogP contribution in [0.5, 0.6) is 0 Å². The van der Waals surface area contributed by atoms with Crippen molar-refractivity contribution in [3.05, 3.63) is 83.9 Å². The first-order chi connectivity index (χ1) is 12.9. The van der Waals surface area contributed by atoms with Crippen molar-refractivity contribution in [1.82, 2.24) is 4.90 Å². The van der Waals surface area contributed by atoms with E-state index in [0.717, 1.165) is 10.8 Å². The minimum atomic E-state index is -5.07. The lowest BCUT2D eigenvalue weighted by atomic mass is 10.0. The molecule has 1 atom stereocenters. The van der Waals surface area contributed by atoms with Gasteiger partial charge in [-0.15, -0.1) is 0 Å². The summed E-state index contributed by atoms with van der Waals surface area (Å²) < 4.78 is 39.5. The molecule has 1 amide bonds. The van der Waals surface area contributed by atoms with Gasteiger partial charge in [-0.2, -0.15) is 18.4 Å². The number of halogens is 3. The third-order valence-electron chi connectivity index (χ3n) is 4.22. The third kappa shape index (κ3) is 4.09. The Morgan fingerprint density at radius 3 is 2.22 bits per heavy atom. The highest BCUT2D eigenvalue weighted by Gasteiger charge is 2.45. The number of alkyl halides is 3. The number of carbonyl (C=O) groups excluding carboxylic acids is 1. The van der Waals surface area contributed by atoms with Gasteiger partial charge in [-0.3, -0.25) is 4.79 Å². The lowest BCUT2D eigenvalue weighted by molar-refractivity contribution is -0.187. The van der Waals surface area contributed by atoms with Gasteiger partial charge in [-0.25, -0.2) is 0 Å². The fraction of sp³-hybridized carbons (Fsp3) is 0.143. The summed E-state index contributed by atoms with van der Waals surface area (Å²) in [4.78, 5) is 12.6. The molecule has 0 fully saturated rings. The smallest absolute Gasteiger partial charge is 0.310 e. The Morgan fingerprint density at radius 2 is 1.59 bits per heavy atom. The van der Waals surface area contributed by atoms with Crippen molar-refractivity contribution in [1.29, 1.82) is 5.26 Å². The second-order valence-electron chi connectivity index (χ2n) is 6.05. The molecule has 0 bridgehead atoms. The fourth-order valence-electron chi connectivity index (χ4n) is 2.93. The molecule has 136 valence electrons. The van der Waals surface area contributed by atoms with Crippen LogP contribution in [0.3, 0.4) is 0 Å². The molecular weight excluding hydrogens is 353 g/mol. The molecule has 0 heterocycles. The lowest BCUT2D eigenvalue weighted by Gasteiger charge is -2.28. The Morgan fingerprint density at radius 1 is 0.963 bits per heavy atom.